The topological polar surface area (TPSA) is 229 Å². The highest BCUT2D eigenvalue weighted by Crippen LogP contribution is 2.41. The molecule has 1 fully saturated rings. The predicted molar refractivity (Wildman–Crippen MR) is 177 cm³/mol. The number of benzene rings is 2. The van der Waals surface area contributed by atoms with Crippen LogP contribution in [0.4, 0.5) is 9.52 Å². The van der Waals surface area contributed by atoms with E-state index in [1.54, 1.807) is 12.2 Å². The zero-order valence-corrected chi connectivity index (χ0v) is 27.1. The number of β-lactam (4-membered cyclic amide) rings is 1. The van der Waals surface area contributed by atoms with Crippen molar-refractivity contribution in [2.24, 2.45) is 5.16 Å². The molecule has 2 aliphatic rings. The summed E-state index contributed by atoms with van der Waals surface area (Å²) < 4.78 is 16.0. The Hall–Kier alpha value is -6.01. The number of fused-ring (bicyclic) bond motifs is 2. The number of thiazole rings is 1. The fourth-order valence-electron chi connectivity index (χ4n) is 5.38. The van der Waals surface area contributed by atoms with Gasteiger partial charge in [0, 0.05) is 34.2 Å². The third-order valence-electron chi connectivity index (χ3n) is 7.72. The van der Waals surface area contributed by atoms with E-state index in [0.717, 1.165) is 33.2 Å². The van der Waals surface area contributed by atoms with E-state index in [2.05, 4.69) is 15.5 Å². The Morgan fingerprint density at radius 1 is 1.20 bits per heavy atom. The maximum atomic E-state index is 14.0. The third kappa shape index (κ3) is 6.52. The zero-order valence-electron chi connectivity index (χ0n) is 25.5. The molecular formula is C32H26FN6O9S2+. The van der Waals surface area contributed by atoms with Crippen LogP contribution in [0.1, 0.15) is 17.4 Å². The van der Waals surface area contributed by atoms with E-state index < -0.39 is 69.9 Å². The van der Waals surface area contributed by atoms with Crippen LogP contribution in [0.5, 0.6) is 11.5 Å². The standard InChI is InChI=1S/C32H25FN6O9S2/c33-18-11-17(12-21(40)25(18)41)26(31(46)47)48-37-22(19-14-50-32(34)35-19)27(42)36-23-28(43)39-24(30(44)45)16(13-49-29(23)39)7-4-10-38-9-3-6-15-5-1-2-8-20(15)38/h1-9,11-12,14,23,26,29H,10,13H2,(H6-,34,35,36,37,40,41,42,44,45,46,47)/p+1/b7-4+/t23-,26+,29-/m1/s1. The highest BCUT2D eigenvalue weighted by atomic mass is 32.2. The largest absolute Gasteiger partial charge is 0.504 e. The smallest absolute Gasteiger partial charge is 0.352 e. The van der Waals surface area contributed by atoms with Gasteiger partial charge < -0.3 is 36.3 Å². The first-order valence-corrected chi connectivity index (χ1v) is 16.5. The average Bonchev–Trinajstić information content (AvgIpc) is 3.52. The molecule has 2 aliphatic heterocycles. The van der Waals surface area contributed by atoms with Crippen LogP contribution in [0.25, 0.3) is 10.9 Å². The Labute approximate surface area is 289 Å². The van der Waals surface area contributed by atoms with Gasteiger partial charge >= 0.3 is 11.9 Å². The minimum absolute atomic E-state index is 0.0187. The molecule has 18 heteroatoms. The van der Waals surface area contributed by atoms with E-state index in [1.807, 2.05) is 47.2 Å². The molecule has 0 bridgehead atoms. The van der Waals surface area contributed by atoms with Crippen LogP contribution in [0.3, 0.4) is 0 Å². The number of nitrogen functional groups attached to an aromatic ring is 1. The van der Waals surface area contributed by atoms with E-state index in [-0.39, 0.29) is 22.3 Å². The van der Waals surface area contributed by atoms with Gasteiger partial charge in [-0.25, -0.2) is 19.0 Å². The lowest BCUT2D eigenvalue weighted by Crippen LogP contribution is -2.71. The van der Waals surface area contributed by atoms with Crippen molar-refractivity contribution in [3.8, 4) is 11.5 Å². The number of aromatic hydroxyl groups is 2. The van der Waals surface area contributed by atoms with Gasteiger partial charge in [0.25, 0.3) is 11.8 Å². The molecule has 0 radical (unpaired) electrons. The molecule has 4 heterocycles. The number of nitrogens with two attached hydrogens (primary N) is 1. The van der Waals surface area contributed by atoms with E-state index in [4.69, 9.17) is 10.6 Å². The number of pyridine rings is 1. The van der Waals surface area contributed by atoms with Crippen LogP contribution >= 0.6 is 23.1 Å². The number of carbonyl (C=O) groups is 4. The number of nitrogens with zero attached hydrogens (tertiary/aromatic N) is 4. The van der Waals surface area contributed by atoms with Crippen LogP contribution in [-0.4, -0.2) is 76.9 Å². The Morgan fingerprint density at radius 2 is 1.96 bits per heavy atom. The molecule has 0 unspecified atom stereocenters. The lowest BCUT2D eigenvalue weighted by Gasteiger charge is -2.49. The molecule has 1 saturated heterocycles. The summed E-state index contributed by atoms with van der Waals surface area (Å²) in [6.45, 7) is 0.440. The number of rotatable bonds is 11. The van der Waals surface area contributed by atoms with E-state index >= 15 is 0 Å². The lowest BCUT2D eigenvalue weighted by molar-refractivity contribution is -0.661. The number of halogens is 1. The average molecular weight is 722 g/mol. The van der Waals surface area contributed by atoms with Crippen molar-refractivity contribution in [1.82, 2.24) is 15.2 Å². The summed E-state index contributed by atoms with van der Waals surface area (Å²) in [6.07, 6.45) is 3.31. The van der Waals surface area contributed by atoms with Crippen LogP contribution < -0.4 is 15.6 Å². The van der Waals surface area contributed by atoms with Crippen molar-refractivity contribution in [3.05, 3.63) is 101 Å². The summed E-state index contributed by atoms with van der Waals surface area (Å²) in [4.78, 5) is 61.3. The highest BCUT2D eigenvalue weighted by Gasteiger charge is 2.54. The van der Waals surface area contributed by atoms with E-state index in [9.17, 15) is 44.0 Å². The number of carbonyl (C=O) groups excluding carboxylic acids is 2. The second kappa shape index (κ2) is 13.8. The Morgan fingerprint density at radius 3 is 2.66 bits per heavy atom. The van der Waals surface area contributed by atoms with Crippen LogP contribution in [0.2, 0.25) is 0 Å². The maximum absolute atomic E-state index is 14.0. The Balaban J connectivity index is 1.21. The molecule has 0 spiro atoms. The van der Waals surface area contributed by atoms with Gasteiger partial charge in [-0.1, -0.05) is 23.4 Å². The fourth-order valence-corrected chi connectivity index (χ4v) is 7.25. The van der Waals surface area contributed by atoms with Gasteiger partial charge in [-0.3, -0.25) is 14.5 Å². The van der Waals surface area contributed by atoms with Gasteiger partial charge in [-0.15, -0.1) is 23.1 Å². The van der Waals surface area contributed by atoms with Crippen molar-refractivity contribution >= 4 is 68.6 Å². The minimum atomic E-state index is -2.06. The number of thioether (sulfide) groups is 1. The summed E-state index contributed by atoms with van der Waals surface area (Å²) in [7, 11) is 0. The lowest BCUT2D eigenvalue weighted by atomic mass is 10.0. The second-order valence-corrected chi connectivity index (χ2v) is 12.9. The van der Waals surface area contributed by atoms with Gasteiger partial charge in [0.1, 0.15) is 22.8 Å². The zero-order chi connectivity index (χ0) is 35.7. The summed E-state index contributed by atoms with van der Waals surface area (Å²) in [5, 5.41) is 46.8. The molecule has 2 amide bonds. The molecule has 0 saturated carbocycles. The number of hydrogen-bond donors (Lipinski definition) is 6. The number of phenols is 2. The van der Waals surface area contributed by atoms with Gasteiger partial charge in [-0.05, 0) is 35.9 Å². The van der Waals surface area contributed by atoms with Crippen molar-refractivity contribution in [1.29, 1.82) is 0 Å². The third-order valence-corrected chi connectivity index (χ3v) is 9.69. The number of para-hydroxylation sites is 1. The molecule has 2 aromatic carbocycles. The molecule has 3 atom stereocenters. The number of hydrogen-bond acceptors (Lipinski definition) is 12. The van der Waals surface area contributed by atoms with Gasteiger partial charge in [-0.2, -0.15) is 4.57 Å². The number of phenolic OH excluding ortho intramolecular Hbond substituents is 2. The van der Waals surface area contributed by atoms with Gasteiger partial charge in [0.2, 0.25) is 11.6 Å². The monoisotopic (exact) mass is 721 g/mol. The number of amides is 2. The SMILES string of the molecule is Nc1nc(/C(=N/O[C@H](C(=O)O)c2cc(O)c(O)c(F)c2)C(=O)N[C@@H]2C(=O)N3C(C(=O)O)=C(/C=C/C[n+]4cccc5ccccc54)CS[C@H]23)cs1. The maximum Gasteiger partial charge on any atom is 0.352 e. The molecule has 0 aliphatic carbocycles. The predicted octanol–water partition coefficient (Wildman–Crippen LogP) is 2.26. The first kappa shape index (κ1) is 33.9. The molecule has 6 rings (SSSR count). The number of nitrogens with one attached hydrogen (secondary N) is 1. The van der Waals surface area contributed by atoms with Gasteiger partial charge in [0.05, 0.1) is 0 Å². The molecule has 2 aromatic heterocycles. The van der Waals surface area contributed by atoms with Crippen molar-refractivity contribution < 1.29 is 53.4 Å². The Kier molecular flexibility index (Phi) is 9.38. The van der Waals surface area contributed by atoms with Crippen LogP contribution in [0, 0.1) is 5.82 Å². The molecule has 256 valence electrons. The Bertz CT molecular complexity index is 2120. The quantitative estimate of drug-likeness (QED) is 0.0431. The molecule has 50 heavy (non-hydrogen) atoms. The van der Waals surface area contributed by atoms with Crippen LogP contribution in [0.15, 0.2) is 88.7 Å². The van der Waals surface area contributed by atoms with Crippen LogP contribution in [-0.2, 0) is 30.6 Å². The summed E-state index contributed by atoms with van der Waals surface area (Å²) in [6, 6.07) is 11.8. The highest BCUT2D eigenvalue weighted by molar-refractivity contribution is 8.00. The number of aromatic nitrogens is 2. The summed E-state index contributed by atoms with van der Waals surface area (Å²) in [5.74, 6) is -7.94. The molecule has 4 aromatic rings. The van der Waals surface area contributed by atoms with Crippen molar-refractivity contribution in [2.45, 2.75) is 24.1 Å². The molecular weight excluding hydrogens is 696 g/mol. The fraction of sp³-hybridized carbons (Fsp3) is 0.156. The number of carboxylic acids is 2. The van der Waals surface area contributed by atoms with E-state index in [1.165, 1.54) is 17.1 Å². The number of anilines is 1. The molecule has 7 N–H and O–H groups in total. The first-order valence-electron chi connectivity index (χ1n) is 14.6. The van der Waals surface area contributed by atoms with Gasteiger partial charge in [0.15, 0.2) is 40.9 Å². The summed E-state index contributed by atoms with van der Waals surface area (Å²) >= 11 is 2.15. The molecule has 15 nitrogen and oxygen atoms in total. The first-order chi connectivity index (χ1) is 23.9. The van der Waals surface area contributed by atoms with Crippen molar-refractivity contribution in [3.63, 3.8) is 0 Å². The second-order valence-electron chi connectivity index (χ2n) is 10.9. The number of oxime groups is 1. The minimum Gasteiger partial charge on any atom is -0.504 e. The number of carboxylic acid groups (broad SMARTS) is 2. The summed E-state index contributed by atoms with van der Waals surface area (Å²) in [5.41, 5.74) is 5.70. The van der Waals surface area contributed by atoms with Crippen molar-refractivity contribution in [2.75, 3.05) is 11.5 Å². The van der Waals surface area contributed by atoms with E-state index in [0.29, 0.717) is 18.2 Å². The number of aliphatic carboxylic acids is 2. The number of allylic oxidation sites excluding steroid dienone is 2. The normalized spacial score (nSPS) is 18.1.